The number of ether oxygens (including phenoxy) is 1. The summed E-state index contributed by atoms with van der Waals surface area (Å²) in [4.78, 5) is 14.9. The third-order valence-electron chi connectivity index (χ3n) is 5.23. The first-order chi connectivity index (χ1) is 9.55. The highest BCUT2D eigenvalue weighted by molar-refractivity contribution is 5.79. The van der Waals surface area contributed by atoms with Crippen molar-refractivity contribution in [1.82, 2.24) is 0 Å². The van der Waals surface area contributed by atoms with E-state index in [1.54, 1.807) is 6.92 Å². The maximum absolute atomic E-state index is 11.8. The van der Waals surface area contributed by atoms with Crippen LogP contribution in [0.5, 0.6) is 0 Å². The Labute approximate surface area is 120 Å². The summed E-state index contributed by atoms with van der Waals surface area (Å²) in [5.74, 6) is -0.628. The fourth-order valence-corrected chi connectivity index (χ4v) is 3.88. The predicted octanol–water partition coefficient (Wildman–Crippen LogP) is 3.03. The van der Waals surface area contributed by atoms with E-state index in [1.165, 1.54) is 32.1 Å². The Hall–Kier alpha value is -1.15. The van der Waals surface area contributed by atoms with Gasteiger partial charge < -0.3 is 9.84 Å². The zero-order valence-corrected chi connectivity index (χ0v) is 12.3. The van der Waals surface area contributed by atoms with Crippen LogP contribution in [0.4, 0.5) is 0 Å². The molecule has 2 aliphatic carbocycles. The fourth-order valence-electron chi connectivity index (χ4n) is 3.88. The monoisotopic (exact) mass is 281 g/mol. The highest BCUT2D eigenvalue weighted by Crippen LogP contribution is 2.50. The van der Waals surface area contributed by atoms with Crippen molar-refractivity contribution >= 4 is 5.97 Å². The molecule has 2 saturated carbocycles. The molecule has 1 N–H and O–H groups in total. The minimum Gasteiger partial charge on any atom is -0.460 e. The molecule has 2 rings (SSSR count). The minimum absolute atomic E-state index is 0.227. The van der Waals surface area contributed by atoms with Gasteiger partial charge in [-0.2, -0.15) is 0 Å². The lowest BCUT2D eigenvalue weighted by Gasteiger charge is -2.45. The minimum atomic E-state index is -1.25. The van der Waals surface area contributed by atoms with Crippen molar-refractivity contribution in [3.05, 3.63) is 4.98 Å². The predicted molar refractivity (Wildman–Crippen MR) is 74.4 cm³/mol. The Kier molecular flexibility index (Phi) is 4.64. The average molecular weight is 281 g/mol. The Bertz CT molecular complexity index is 386. The van der Waals surface area contributed by atoms with E-state index in [0.29, 0.717) is 18.3 Å². The van der Waals surface area contributed by atoms with E-state index in [-0.39, 0.29) is 6.61 Å². The number of aliphatic hydroxyl groups is 1. The molecule has 0 aromatic heterocycles. The summed E-state index contributed by atoms with van der Waals surface area (Å²) < 4.78 is 4.90. The van der Waals surface area contributed by atoms with Crippen molar-refractivity contribution in [2.24, 2.45) is 5.41 Å². The maximum atomic E-state index is 11.8. The summed E-state index contributed by atoms with van der Waals surface area (Å²) in [5, 5.41) is 19.8. The van der Waals surface area contributed by atoms with Gasteiger partial charge >= 0.3 is 12.0 Å². The molecular formula is C15H25N2O3+. The summed E-state index contributed by atoms with van der Waals surface area (Å²) >= 11 is 0. The average Bonchev–Trinajstić information content (AvgIpc) is 2.45. The van der Waals surface area contributed by atoms with Gasteiger partial charge in [0.25, 0.3) is 0 Å². The Morgan fingerprint density at radius 1 is 1.20 bits per heavy atom. The van der Waals surface area contributed by atoms with Crippen LogP contribution in [0.1, 0.15) is 64.7 Å². The fraction of sp³-hybridized carbons (Fsp3) is 0.933. The number of hydrogen-bond acceptors (Lipinski definition) is 4. The molecule has 0 aromatic carbocycles. The second-order valence-electron chi connectivity index (χ2n) is 6.43. The molecule has 0 radical (unpaired) electrons. The molecule has 5 heteroatoms. The van der Waals surface area contributed by atoms with Gasteiger partial charge in [-0.3, -0.25) is 0 Å². The van der Waals surface area contributed by atoms with Crippen molar-refractivity contribution in [3.8, 4) is 0 Å². The van der Waals surface area contributed by atoms with Crippen LogP contribution in [0.15, 0.2) is 0 Å². The Morgan fingerprint density at radius 3 is 2.30 bits per heavy atom. The van der Waals surface area contributed by atoms with E-state index < -0.39 is 17.6 Å². The molecule has 112 valence electrons. The van der Waals surface area contributed by atoms with Crippen LogP contribution in [0.2, 0.25) is 0 Å². The highest BCUT2D eigenvalue weighted by Gasteiger charge is 2.56. The first-order valence-electron chi connectivity index (χ1n) is 7.78. The van der Waals surface area contributed by atoms with Crippen LogP contribution in [0, 0.1) is 10.8 Å². The lowest BCUT2D eigenvalue weighted by Crippen LogP contribution is -2.50. The number of carbonyl (C=O) groups is 1. The quantitative estimate of drug-likeness (QED) is 0.637. The van der Waals surface area contributed by atoms with Gasteiger partial charge in [0.2, 0.25) is 5.39 Å². The highest BCUT2D eigenvalue weighted by atomic mass is 16.5. The van der Waals surface area contributed by atoms with Gasteiger partial charge in [0, 0.05) is 0 Å². The van der Waals surface area contributed by atoms with Crippen LogP contribution in [0.25, 0.3) is 4.98 Å². The first-order valence-corrected chi connectivity index (χ1v) is 7.78. The van der Waals surface area contributed by atoms with Crippen molar-refractivity contribution < 1.29 is 14.6 Å². The Morgan fingerprint density at radius 2 is 1.80 bits per heavy atom. The molecule has 0 bridgehead atoms. The number of esters is 1. The van der Waals surface area contributed by atoms with E-state index in [2.05, 4.69) is 4.98 Å². The SMILES string of the molecule is CCOC(=O)C([N+]#N)C1(O)CCC2(CCCCC2)CC1. The van der Waals surface area contributed by atoms with Crippen LogP contribution < -0.4 is 0 Å². The summed E-state index contributed by atoms with van der Waals surface area (Å²) in [7, 11) is 0. The second-order valence-corrected chi connectivity index (χ2v) is 6.43. The van der Waals surface area contributed by atoms with Gasteiger partial charge in [-0.15, -0.1) is 0 Å². The van der Waals surface area contributed by atoms with Crippen molar-refractivity contribution in [2.45, 2.75) is 76.4 Å². The molecule has 0 aromatic rings. The third kappa shape index (κ3) is 2.95. The summed E-state index contributed by atoms with van der Waals surface area (Å²) in [6, 6.07) is -1.16. The zero-order valence-electron chi connectivity index (χ0n) is 12.3. The molecule has 0 heterocycles. The molecule has 1 spiro atoms. The van der Waals surface area contributed by atoms with E-state index in [0.717, 1.165) is 12.8 Å². The van der Waals surface area contributed by atoms with E-state index in [9.17, 15) is 9.90 Å². The first kappa shape index (κ1) is 15.2. The smallest absolute Gasteiger partial charge is 0.435 e. The van der Waals surface area contributed by atoms with Crippen molar-refractivity contribution in [2.75, 3.05) is 6.61 Å². The van der Waals surface area contributed by atoms with Gasteiger partial charge in [-0.25, -0.2) is 4.79 Å². The lowest BCUT2D eigenvalue weighted by molar-refractivity contribution is -0.153. The number of hydrogen-bond donors (Lipinski definition) is 1. The van der Waals surface area contributed by atoms with E-state index >= 15 is 0 Å². The maximum Gasteiger partial charge on any atom is 0.435 e. The molecule has 5 nitrogen and oxygen atoms in total. The third-order valence-corrected chi connectivity index (χ3v) is 5.23. The summed E-state index contributed by atoms with van der Waals surface area (Å²) in [5.41, 5.74) is -0.900. The standard InChI is InChI=1S/C15H25N2O3/c1-2-20-13(18)12(17-16)15(19)10-8-14(9-11-15)6-4-3-5-7-14/h12,19H,2-11H2,1H3/q+1. The molecule has 20 heavy (non-hydrogen) atoms. The normalized spacial score (nSPS) is 25.6. The number of rotatable bonds is 3. The van der Waals surface area contributed by atoms with Gasteiger partial charge in [0.05, 0.1) is 6.61 Å². The molecule has 1 unspecified atom stereocenters. The summed E-state index contributed by atoms with van der Waals surface area (Å²) in [6.45, 7) is 1.93. The van der Waals surface area contributed by atoms with Crippen molar-refractivity contribution in [3.63, 3.8) is 0 Å². The molecule has 1 atom stereocenters. The van der Waals surface area contributed by atoms with Gasteiger partial charge in [0.15, 0.2) is 5.60 Å². The van der Waals surface area contributed by atoms with Crippen LogP contribution in [-0.4, -0.2) is 29.3 Å². The Balaban J connectivity index is 2.02. The summed E-state index contributed by atoms with van der Waals surface area (Å²) in [6.07, 6.45) is 9.15. The molecular weight excluding hydrogens is 256 g/mol. The molecule has 2 fully saturated rings. The van der Waals surface area contributed by atoms with Gasteiger partial charge in [-0.05, 0) is 50.9 Å². The van der Waals surface area contributed by atoms with Gasteiger partial charge in [0.1, 0.15) is 4.98 Å². The second kappa shape index (κ2) is 6.09. The van der Waals surface area contributed by atoms with Crippen LogP contribution >= 0.6 is 0 Å². The van der Waals surface area contributed by atoms with Crippen molar-refractivity contribution in [1.29, 1.82) is 5.39 Å². The lowest BCUT2D eigenvalue weighted by atomic mass is 9.61. The topological polar surface area (TPSA) is 74.7 Å². The van der Waals surface area contributed by atoms with Crippen LogP contribution in [-0.2, 0) is 9.53 Å². The van der Waals surface area contributed by atoms with Gasteiger partial charge in [-0.1, -0.05) is 19.3 Å². The largest absolute Gasteiger partial charge is 0.460 e. The van der Waals surface area contributed by atoms with E-state index in [1.807, 2.05) is 0 Å². The number of nitrogens with zero attached hydrogens (tertiary/aromatic N) is 2. The molecule has 0 aliphatic heterocycles. The molecule has 0 saturated heterocycles. The van der Waals surface area contributed by atoms with E-state index in [4.69, 9.17) is 10.1 Å². The van der Waals surface area contributed by atoms with Crippen LogP contribution in [0.3, 0.4) is 0 Å². The zero-order chi connectivity index (χ0) is 14.6. The number of diazo groups is 1. The molecule has 0 amide bonds. The number of carbonyl (C=O) groups excluding carboxylic acids is 1. The molecule has 2 aliphatic rings.